The molecule has 2 rings (SSSR count). The third-order valence-electron chi connectivity index (χ3n) is 3.05. The highest BCUT2D eigenvalue weighted by atomic mass is 32.1. The smallest absolute Gasteiger partial charge is 0.341 e. The second-order valence-electron chi connectivity index (χ2n) is 4.56. The lowest BCUT2D eigenvalue weighted by atomic mass is 10.1. The average molecular weight is 282 g/mol. The number of hydrogen-bond acceptors (Lipinski definition) is 5. The Hall–Kier alpha value is -1.40. The molecule has 1 aliphatic carbocycles. The van der Waals surface area contributed by atoms with Gasteiger partial charge in [-0.05, 0) is 38.7 Å². The summed E-state index contributed by atoms with van der Waals surface area (Å²) in [6.45, 7) is 3.70. The van der Waals surface area contributed by atoms with Gasteiger partial charge in [-0.1, -0.05) is 0 Å². The molecule has 0 unspecified atom stereocenters. The number of nitrogens with one attached hydrogen (secondary N) is 1. The molecule has 0 aliphatic heterocycles. The van der Waals surface area contributed by atoms with Crippen LogP contribution < -0.4 is 11.1 Å². The maximum Gasteiger partial charge on any atom is 0.341 e. The molecule has 0 radical (unpaired) electrons. The summed E-state index contributed by atoms with van der Waals surface area (Å²) in [6.07, 6.45) is 2.88. The Balaban J connectivity index is 2.32. The predicted molar refractivity (Wildman–Crippen MR) is 74.6 cm³/mol. The minimum Gasteiger partial charge on any atom is -0.462 e. The Morgan fingerprint density at radius 3 is 2.84 bits per heavy atom. The summed E-state index contributed by atoms with van der Waals surface area (Å²) in [6, 6.07) is -0.605. The molecule has 5 nitrogen and oxygen atoms in total. The Labute approximate surface area is 116 Å². The molecule has 19 heavy (non-hydrogen) atoms. The SMILES string of the molecule is CCOC(=O)c1c(NC(=O)[C@H](C)N)sc2c1CCC2. The van der Waals surface area contributed by atoms with Crippen LogP contribution in [0.1, 0.15) is 41.1 Å². The number of hydrogen-bond donors (Lipinski definition) is 2. The third-order valence-corrected chi connectivity index (χ3v) is 4.26. The molecular formula is C13H18N2O3S. The average Bonchev–Trinajstić information content (AvgIpc) is 2.88. The quantitative estimate of drug-likeness (QED) is 0.824. The summed E-state index contributed by atoms with van der Waals surface area (Å²) in [7, 11) is 0. The maximum atomic E-state index is 12.0. The van der Waals surface area contributed by atoms with Gasteiger partial charge in [0.2, 0.25) is 5.91 Å². The first-order valence-corrected chi connectivity index (χ1v) is 7.24. The van der Waals surface area contributed by atoms with Gasteiger partial charge in [-0.2, -0.15) is 0 Å². The Bertz CT molecular complexity index is 508. The zero-order valence-corrected chi connectivity index (χ0v) is 11.9. The summed E-state index contributed by atoms with van der Waals surface area (Å²) in [4.78, 5) is 24.9. The molecule has 0 aromatic carbocycles. The Kier molecular flexibility index (Phi) is 4.21. The summed E-state index contributed by atoms with van der Waals surface area (Å²) in [5.41, 5.74) is 7.09. The number of fused-ring (bicyclic) bond motifs is 1. The van der Waals surface area contributed by atoms with E-state index in [1.54, 1.807) is 13.8 Å². The molecule has 3 N–H and O–H groups in total. The number of anilines is 1. The lowest BCUT2D eigenvalue weighted by molar-refractivity contribution is -0.117. The molecule has 104 valence electrons. The van der Waals surface area contributed by atoms with E-state index in [1.807, 2.05) is 0 Å². The van der Waals surface area contributed by atoms with Crippen molar-refractivity contribution in [1.82, 2.24) is 0 Å². The van der Waals surface area contributed by atoms with Crippen LogP contribution >= 0.6 is 11.3 Å². The molecule has 1 aliphatic rings. The molecule has 0 saturated carbocycles. The lowest BCUT2D eigenvalue weighted by Gasteiger charge is -2.09. The fourth-order valence-electron chi connectivity index (χ4n) is 2.14. The number of esters is 1. The molecule has 1 aromatic rings. The van der Waals surface area contributed by atoms with Gasteiger partial charge in [0, 0.05) is 4.88 Å². The molecule has 0 fully saturated rings. The van der Waals surface area contributed by atoms with Gasteiger partial charge in [0.15, 0.2) is 0 Å². The van der Waals surface area contributed by atoms with Crippen molar-refractivity contribution in [1.29, 1.82) is 0 Å². The van der Waals surface area contributed by atoms with E-state index in [9.17, 15) is 9.59 Å². The number of thiophene rings is 1. The van der Waals surface area contributed by atoms with Crippen LogP contribution in [0.4, 0.5) is 5.00 Å². The zero-order valence-electron chi connectivity index (χ0n) is 11.1. The van der Waals surface area contributed by atoms with E-state index in [-0.39, 0.29) is 11.9 Å². The summed E-state index contributed by atoms with van der Waals surface area (Å²) in [5, 5.41) is 3.31. The van der Waals surface area contributed by atoms with Gasteiger partial charge in [-0.25, -0.2) is 4.79 Å². The van der Waals surface area contributed by atoms with Crippen LogP contribution in [0.15, 0.2) is 0 Å². The van der Waals surface area contributed by atoms with Gasteiger partial charge in [0.1, 0.15) is 5.00 Å². The monoisotopic (exact) mass is 282 g/mol. The van der Waals surface area contributed by atoms with E-state index in [1.165, 1.54) is 16.2 Å². The van der Waals surface area contributed by atoms with Gasteiger partial charge in [0.05, 0.1) is 18.2 Å². The molecule has 0 saturated heterocycles. The van der Waals surface area contributed by atoms with Crippen molar-refractivity contribution in [3.63, 3.8) is 0 Å². The molecule has 1 heterocycles. The molecule has 1 amide bonds. The maximum absolute atomic E-state index is 12.0. The summed E-state index contributed by atoms with van der Waals surface area (Å²) < 4.78 is 5.08. The van der Waals surface area contributed by atoms with Crippen molar-refractivity contribution in [2.75, 3.05) is 11.9 Å². The fourth-order valence-corrected chi connectivity index (χ4v) is 3.42. The standard InChI is InChI=1S/C13H18N2O3S/c1-3-18-13(17)10-8-5-4-6-9(8)19-12(10)15-11(16)7(2)14/h7H,3-6,14H2,1-2H3,(H,15,16)/t7-/m0/s1. The van der Waals surface area contributed by atoms with Crippen LogP contribution in [0.5, 0.6) is 0 Å². The Morgan fingerprint density at radius 2 is 2.21 bits per heavy atom. The largest absolute Gasteiger partial charge is 0.462 e. The highest BCUT2D eigenvalue weighted by Crippen LogP contribution is 2.39. The fraction of sp³-hybridized carbons (Fsp3) is 0.538. The van der Waals surface area contributed by atoms with Crippen LogP contribution in [0.2, 0.25) is 0 Å². The second kappa shape index (κ2) is 5.71. The van der Waals surface area contributed by atoms with Crippen LogP contribution in [-0.4, -0.2) is 24.5 Å². The minimum absolute atomic E-state index is 0.287. The molecule has 6 heteroatoms. The topological polar surface area (TPSA) is 81.4 Å². The number of carbonyl (C=O) groups is 2. The van der Waals surface area contributed by atoms with Gasteiger partial charge in [-0.15, -0.1) is 11.3 Å². The zero-order chi connectivity index (χ0) is 14.0. The molecule has 0 spiro atoms. The van der Waals surface area contributed by atoms with E-state index < -0.39 is 6.04 Å². The third kappa shape index (κ3) is 2.79. The van der Waals surface area contributed by atoms with E-state index in [0.717, 1.165) is 24.8 Å². The molecule has 1 aromatic heterocycles. The molecule has 0 bridgehead atoms. The number of amides is 1. The van der Waals surface area contributed by atoms with Crippen LogP contribution in [0, 0.1) is 0 Å². The first-order valence-electron chi connectivity index (χ1n) is 6.42. The predicted octanol–water partition coefficient (Wildman–Crippen LogP) is 1.70. The van der Waals surface area contributed by atoms with Crippen LogP contribution in [-0.2, 0) is 22.4 Å². The van der Waals surface area contributed by atoms with Crippen LogP contribution in [0.3, 0.4) is 0 Å². The molecular weight excluding hydrogens is 264 g/mol. The summed E-state index contributed by atoms with van der Waals surface area (Å²) >= 11 is 1.46. The first-order chi connectivity index (χ1) is 9.04. The van der Waals surface area contributed by atoms with E-state index >= 15 is 0 Å². The van der Waals surface area contributed by atoms with E-state index in [2.05, 4.69) is 5.32 Å². The number of carbonyl (C=O) groups excluding carboxylic acids is 2. The highest BCUT2D eigenvalue weighted by molar-refractivity contribution is 7.17. The number of aryl methyl sites for hydroxylation is 1. The van der Waals surface area contributed by atoms with Crippen molar-refractivity contribution in [3.05, 3.63) is 16.0 Å². The normalized spacial score (nSPS) is 14.9. The van der Waals surface area contributed by atoms with Crippen molar-refractivity contribution in [3.8, 4) is 0 Å². The number of ether oxygens (including phenoxy) is 1. The van der Waals surface area contributed by atoms with Crippen molar-refractivity contribution in [2.45, 2.75) is 39.2 Å². The van der Waals surface area contributed by atoms with Crippen molar-refractivity contribution >= 4 is 28.2 Å². The van der Waals surface area contributed by atoms with Crippen molar-refractivity contribution in [2.24, 2.45) is 5.73 Å². The molecule has 1 atom stereocenters. The van der Waals surface area contributed by atoms with Crippen molar-refractivity contribution < 1.29 is 14.3 Å². The van der Waals surface area contributed by atoms with Gasteiger partial charge < -0.3 is 15.8 Å². The Morgan fingerprint density at radius 1 is 1.47 bits per heavy atom. The van der Waals surface area contributed by atoms with Gasteiger partial charge in [0.25, 0.3) is 0 Å². The number of nitrogens with two attached hydrogens (primary N) is 1. The van der Waals surface area contributed by atoms with E-state index in [0.29, 0.717) is 17.2 Å². The second-order valence-corrected chi connectivity index (χ2v) is 5.67. The van der Waals surface area contributed by atoms with E-state index in [4.69, 9.17) is 10.5 Å². The minimum atomic E-state index is -0.605. The van der Waals surface area contributed by atoms with Gasteiger partial charge in [-0.3, -0.25) is 4.79 Å². The summed E-state index contributed by atoms with van der Waals surface area (Å²) in [5.74, 6) is -0.646. The van der Waals surface area contributed by atoms with Gasteiger partial charge >= 0.3 is 5.97 Å². The van der Waals surface area contributed by atoms with Crippen LogP contribution in [0.25, 0.3) is 0 Å². The first kappa shape index (κ1) is 14.0. The lowest BCUT2D eigenvalue weighted by Crippen LogP contribution is -2.32. The number of rotatable bonds is 4. The highest BCUT2D eigenvalue weighted by Gasteiger charge is 2.28.